The molecule has 5 rings (SSSR count). The van der Waals surface area contributed by atoms with Crippen LogP contribution >= 0.6 is 0 Å². The van der Waals surface area contributed by atoms with Crippen LogP contribution in [-0.4, -0.2) is 42.3 Å². The normalized spacial score (nSPS) is 21.1. The van der Waals surface area contributed by atoms with Gasteiger partial charge in [0.1, 0.15) is 6.61 Å². The lowest BCUT2D eigenvalue weighted by Crippen LogP contribution is -2.38. The highest BCUT2D eigenvalue weighted by Crippen LogP contribution is 2.44. The summed E-state index contributed by atoms with van der Waals surface area (Å²) in [6.07, 6.45) is 6.24. The second-order valence-electron chi connectivity index (χ2n) is 9.76. The Morgan fingerprint density at radius 3 is 2.26 bits per heavy atom. The molecule has 3 unspecified atom stereocenters. The van der Waals surface area contributed by atoms with Gasteiger partial charge in [-0.3, -0.25) is 9.59 Å². The third-order valence-electron chi connectivity index (χ3n) is 7.25. The zero-order valence-corrected chi connectivity index (χ0v) is 19.5. The van der Waals surface area contributed by atoms with Crippen LogP contribution in [0.25, 0.3) is 11.1 Å². The molecule has 3 atom stereocenters. The van der Waals surface area contributed by atoms with Crippen LogP contribution < -0.4 is 10.6 Å². The first-order chi connectivity index (χ1) is 17.0. The molecule has 0 aromatic heterocycles. The fraction of sp³-hybridized carbons (Fsp3) is 0.393. The quantitative estimate of drug-likeness (QED) is 0.475. The first-order valence-corrected chi connectivity index (χ1v) is 12.3. The summed E-state index contributed by atoms with van der Waals surface area (Å²) in [4.78, 5) is 36.5. The van der Waals surface area contributed by atoms with E-state index in [9.17, 15) is 19.5 Å². The SMILES string of the molecule is O=C(NC1C=CC(C(=O)NCC(CC2CC2)C(=O)O)C1)OCC1c2ccccc2-c2ccccc21. The summed E-state index contributed by atoms with van der Waals surface area (Å²) in [5, 5.41) is 15.0. The lowest BCUT2D eigenvalue weighted by molar-refractivity contribution is -0.142. The van der Waals surface area contributed by atoms with E-state index in [1.807, 2.05) is 24.3 Å². The summed E-state index contributed by atoms with van der Waals surface area (Å²) >= 11 is 0. The van der Waals surface area contributed by atoms with E-state index in [1.165, 1.54) is 11.1 Å². The van der Waals surface area contributed by atoms with Crippen molar-refractivity contribution in [2.24, 2.45) is 17.8 Å². The smallest absolute Gasteiger partial charge is 0.407 e. The molecule has 35 heavy (non-hydrogen) atoms. The number of hydrogen-bond donors (Lipinski definition) is 3. The number of nitrogens with one attached hydrogen (secondary N) is 2. The van der Waals surface area contributed by atoms with E-state index in [2.05, 4.69) is 34.9 Å². The molecule has 7 heteroatoms. The number of carboxylic acid groups (broad SMARTS) is 1. The molecule has 3 N–H and O–H groups in total. The van der Waals surface area contributed by atoms with Gasteiger partial charge in [0.05, 0.1) is 17.9 Å². The van der Waals surface area contributed by atoms with Crippen LogP contribution in [0, 0.1) is 17.8 Å². The molecule has 1 fully saturated rings. The van der Waals surface area contributed by atoms with E-state index in [-0.39, 0.29) is 31.0 Å². The first kappa shape index (κ1) is 23.1. The highest BCUT2D eigenvalue weighted by atomic mass is 16.5. The van der Waals surface area contributed by atoms with Gasteiger partial charge in [-0.2, -0.15) is 0 Å². The maximum atomic E-state index is 12.5. The lowest BCUT2D eigenvalue weighted by Gasteiger charge is -2.18. The lowest BCUT2D eigenvalue weighted by atomic mass is 9.98. The number of alkyl carbamates (subject to hydrolysis) is 1. The van der Waals surface area contributed by atoms with E-state index in [1.54, 1.807) is 12.2 Å². The molecule has 2 amide bonds. The summed E-state index contributed by atoms with van der Waals surface area (Å²) in [6.45, 7) is 0.372. The maximum absolute atomic E-state index is 12.5. The maximum Gasteiger partial charge on any atom is 0.407 e. The number of carbonyl (C=O) groups is 3. The molecule has 3 aliphatic carbocycles. The van der Waals surface area contributed by atoms with Gasteiger partial charge in [0.15, 0.2) is 0 Å². The average molecular weight is 475 g/mol. The monoisotopic (exact) mass is 474 g/mol. The molecule has 7 nitrogen and oxygen atoms in total. The Kier molecular flexibility index (Phi) is 6.57. The van der Waals surface area contributed by atoms with Gasteiger partial charge in [-0.15, -0.1) is 0 Å². The van der Waals surface area contributed by atoms with Crippen molar-refractivity contribution in [1.82, 2.24) is 10.6 Å². The van der Waals surface area contributed by atoms with Crippen molar-refractivity contribution >= 4 is 18.0 Å². The van der Waals surface area contributed by atoms with Crippen molar-refractivity contribution in [3.63, 3.8) is 0 Å². The number of carbonyl (C=O) groups excluding carboxylic acids is 2. The minimum Gasteiger partial charge on any atom is -0.481 e. The summed E-state index contributed by atoms with van der Waals surface area (Å²) in [5.74, 6) is -1.56. The number of ether oxygens (including phenoxy) is 1. The molecule has 0 aliphatic heterocycles. The van der Waals surface area contributed by atoms with Crippen LogP contribution in [0.4, 0.5) is 4.79 Å². The number of rotatable bonds is 9. The molecule has 0 saturated heterocycles. The van der Waals surface area contributed by atoms with E-state index < -0.39 is 23.9 Å². The van der Waals surface area contributed by atoms with E-state index in [4.69, 9.17) is 4.74 Å². The standard InChI is InChI=1S/C28H30N2O5/c31-26(29-15-19(27(32)33)13-17-9-10-17)18-11-12-20(14-18)30-28(34)35-16-25-23-7-3-1-5-21(23)22-6-2-4-8-24(22)25/h1-8,11-12,17-20,25H,9-10,13-16H2,(H,29,31)(H,30,34)(H,32,33). The predicted molar refractivity (Wildman–Crippen MR) is 131 cm³/mol. The van der Waals surface area contributed by atoms with E-state index in [0.717, 1.165) is 24.0 Å². The Labute approximate surface area is 204 Å². The third kappa shape index (κ3) is 5.24. The van der Waals surface area contributed by atoms with Crippen LogP contribution in [0.1, 0.15) is 42.7 Å². The molecule has 0 bridgehead atoms. The molecule has 3 aliphatic rings. The summed E-state index contributed by atoms with van der Waals surface area (Å²) < 4.78 is 5.60. The zero-order chi connectivity index (χ0) is 24.4. The molecular weight excluding hydrogens is 444 g/mol. The molecule has 182 valence electrons. The Hall–Kier alpha value is -3.61. The van der Waals surface area contributed by atoms with Crippen molar-refractivity contribution in [2.75, 3.05) is 13.2 Å². The summed E-state index contributed by atoms with van der Waals surface area (Å²) in [6, 6.07) is 16.0. The Morgan fingerprint density at radius 2 is 1.63 bits per heavy atom. The Balaban J connectivity index is 1.09. The largest absolute Gasteiger partial charge is 0.481 e. The molecule has 1 saturated carbocycles. The van der Waals surface area contributed by atoms with Crippen molar-refractivity contribution in [3.05, 3.63) is 71.8 Å². The second-order valence-corrected chi connectivity index (χ2v) is 9.76. The van der Waals surface area contributed by atoms with Gasteiger partial charge in [0.2, 0.25) is 5.91 Å². The molecule has 0 radical (unpaired) electrons. The highest BCUT2D eigenvalue weighted by molar-refractivity contribution is 5.82. The van der Waals surface area contributed by atoms with Crippen molar-refractivity contribution in [1.29, 1.82) is 0 Å². The highest BCUT2D eigenvalue weighted by Gasteiger charge is 2.32. The average Bonchev–Trinajstić information content (AvgIpc) is 3.46. The number of carboxylic acids is 1. The van der Waals surface area contributed by atoms with Crippen LogP contribution in [0.3, 0.4) is 0 Å². The van der Waals surface area contributed by atoms with Crippen LogP contribution in [-0.2, 0) is 14.3 Å². The van der Waals surface area contributed by atoms with Crippen LogP contribution in [0.15, 0.2) is 60.7 Å². The minimum atomic E-state index is -0.867. The molecular formula is C28H30N2O5. The van der Waals surface area contributed by atoms with Crippen molar-refractivity contribution in [2.45, 2.75) is 37.6 Å². The Bertz CT molecular complexity index is 1110. The molecule has 0 spiro atoms. The summed E-state index contributed by atoms with van der Waals surface area (Å²) in [7, 11) is 0. The van der Waals surface area contributed by atoms with Gasteiger partial charge in [-0.1, -0.05) is 73.5 Å². The van der Waals surface area contributed by atoms with E-state index >= 15 is 0 Å². The number of amides is 2. The van der Waals surface area contributed by atoms with Gasteiger partial charge in [0, 0.05) is 12.5 Å². The predicted octanol–water partition coefficient (Wildman–Crippen LogP) is 4.09. The zero-order valence-electron chi connectivity index (χ0n) is 19.5. The minimum absolute atomic E-state index is 0.0105. The number of aliphatic carboxylic acids is 1. The number of fused-ring (bicyclic) bond motifs is 3. The number of hydrogen-bond acceptors (Lipinski definition) is 4. The molecule has 2 aromatic rings. The van der Waals surface area contributed by atoms with Gasteiger partial charge < -0.3 is 20.5 Å². The fourth-order valence-electron chi connectivity index (χ4n) is 5.17. The van der Waals surface area contributed by atoms with Gasteiger partial charge in [-0.05, 0) is 41.0 Å². The molecule has 2 aromatic carbocycles. The van der Waals surface area contributed by atoms with Gasteiger partial charge in [-0.25, -0.2) is 4.79 Å². The van der Waals surface area contributed by atoms with Crippen LogP contribution in [0.5, 0.6) is 0 Å². The van der Waals surface area contributed by atoms with Gasteiger partial charge >= 0.3 is 12.1 Å². The third-order valence-corrected chi connectivity index (χ3v) is 7.25. The topological polar surface area (TPSA) is 105 Å². The number of benzene rings is 2. The van der Waals surface area contributed by atoms with Crippen LogP contribution in [0.2, 0.25) is 0 Å². The first-order valence-electron chi connectivity index (χ1n) is 12.3. The Morgan fingerprint density at radius 1 is 0.971 bits per heavy atom. The van der Waals surface area contributed by atoms with Gasteiger partial charge in [0.25, 0.3) is 0 Å². The van der Waals surface area contributed by atoms with Crippen molar-refractivity contribution < 1.29 is 24.2 Å². The second kappa shape index (κ2) is 9.94. The van der Waals surface area contributed by atoms with Crippen molar-refractivity contribution in [3.8, 4) is 11.1 Å². The van der Waals surface area contributed by atoms with E-state index in [0.29, 0.717) is 18.8 Å². The molecule has 0 heterocycles. The fourth-order valence-corrected chi connectivity index (χ4v) is 5.17. The summed E-state index contributed by atoms with van der Waals surface area (Å²) in [5.41, 5.74) is 4.65.